The number of unbranched alkanes of at least 4 members (excludes halogenated alkanes) is 1. The second kappa shape index (κ2) is 6.21. The van der Waals surface area contributed by atoms with Gasteiger partial charge in [0.25, 0.3) is 0 Å². The summed E-state index contributed by atoms with van der Waals surface area (Å²) < 4.78 is 5.26. The number of hydrogen-bond acceptors (Lipinski definition) is 4. The predicted octanol–water partition coefficient (Wildman–Crippen LogP) is 3.16. The van der Waals surface area contributed by atoms with Gasteiger partial charge in [-0.25, -0.2) is 9.68 Å². The maximum absolute atomic E-state index is 11.9. The van der Waals surface area contributed by atoms with Crippen molar-refractivity contribution in [3.63, 3.8) is 0 Å². The SMILES string of the molecule is CCCCC(CC)(OO)C(=O)OC(C)(C)C. The molecule has 0 spiro atoms. The van der Waals surface area contributed by atoms with E-state index in [1.807, 2.05) is 6.92 Å². The van der Waals surface area contributed by atoms with Crippen molar-refractivity contribution in [2.24, 2.45) is 0 Å². The van der Waals surface area contributed by atoms with Crippen LogP contribution in [0.2, 0.25) is 0 Å². The van der Waals surface area contributed by atoms with Crippen LogP contribution in [-0.2, 0) is 14.4 Å². The summed E-state index contributed by atoms with van der Waals surface area (Å²) in [6.07, 6.45) is 2.63. The van der Waals surface area contributed by atoms with E-state index in [-0.39, 0.29) is 0 Å². The quantitative estimate of drug-likeness (QED) is 0.434. The number of rotatable bonds is 6. The molecule has 1 N–H and O–H groups in total. The van der Waals surface area contributed by atoms with Crippen LogP contribution in [0.3, 0.4) is 0 Å². The van der Waals surface area contributed by atoms with Crippen LogP contribution in [0, 0.1) is 0 Å². The molecule has 0 bridgehead atoms. The van der Waals surface area contributed by atoms with Gasteiger partial charge in [0.05, 0.1) is 0 Å². The highest BCUT2D eigenvalue weighted by Gasteiger charge is 2.41. The second-order valence-electron chi connectivity index (χ2n) is 5.04. The van der Waals surface area contributed by atoms with E-state index < -0.39 is 17.2 Å². The first-order chi connectivity index (χ1) is 7.31. The van der Waals surface area contributed by atoms with Gasteiger partial charge in [0.2, 0.25) is 0 Å². The van der Waals surface area contributed by atoms with Crippen molar-refractivity contribution < 1.29 is 19.7 Å². The van der Waals surface area contributed by atoms with Gasteiger partial charge in [0.15, 0.2) is 5.60 Å². The van der Waals surface area contributed by atoms with Crippen LogP contribution < -0.4 is 0 Å². The van der Waals surface area contributed by atoms with Gasteiger partial charge in [0.1, 0.15) is 5.60 Å². The lowest BCUT2D eigenvalue weighted by atomic mass is 9.93. The lowest BCUT2D eigenvalue weighted by molar-refractivity contribution is -0.323. The Morgan fingerprint density at radius 3 is 2.12 bits per heavy atom. The maximum Gasteiger partial charge on any atom is 0.342 e. The van der Waals surface area contributed by atoms with Gasteiger partial charge in [0, 0.05) is 0 Å². The van der Waals surface area contributed by atoms with Crippen LogP contribution in [0.15, 0.2) is 0 Å². The molecule has 0 aliphatic carbocycles. The Morgan fingerprint density at radius 1 is 1.25 bits per heavy atom. The Labute approximate surface area is 97.9 Å². The lowest BCUT2D eigenvalue weighted by Crippen LogP contribution is -2.44. The summed E-state index contributed by atoms with van der Waals surface area (Å²) in [6.45, 7) is 9.20. The van der Waals surface area contributed by atoms with E-state index >= 15 is 0 Å². The summed E-state index contributed by atoms with van der Waals surface area (Å²) in [7, 11) is 0. The molecule has 0 aromatic heterocycles. The smallest absolute Gasteiger partial charge is 0.342 e. The van der Waals surface area contributed by atoms with Gasteiger partial charge >= 0.3 is 5.97 Å². The van der Waals surface area contributed by atoms with Crippen molar-refractivity contribution in [3.05, 3.63) is 0 Å². The third kappa shape index (κ3) is 4.49. The summed E-state index contributed by atoms with van der Waals surface area (Å²) in [6, 6.07) is 0. The molecule has 96 valence electrons. The molecule has 4 nitrogen and oxygen atoms in total. The number of ether oxygens (including phenoxy) is 1. The Hall–Kier alpha value is -0.610. The van der Waals surface area contributed by atoms with E-state index in [4.69, 9.17) is 9.99 Å². The van der Waals surface area contributed by atoms with Crippen LogP contribution in [0.4, 0.5) is 0 Å². The Kier molecular flexibility index (Phi) is 5.97. The lowest BCUT2D eigenvalue weighted by Gasteiger charge is -2.30. The molecule has 1 atom stereocenters. The highest BCUT2D eigenvalue weighted by molar-refractivity contribution is 5.79. The van der Waals surface area contributed by atoms with Crippen LogP contribution in [0.25, 0.3) is 0 Å². The number of carbonyl (C=O) groups is 1. The Morgan fingerprint density at radius 2 is 1.81 bits per heavy atom. The average Bonchev–Trinajstić information content (AvgIpc) is 2.17. The first-order valence-electron chi connectivity index (χ1n) is 5.87. The van der Waals surface area contributed by atoms with Crippen molar-refractivity contribution in [1.82, 2.24) is 0 Å². The molecule has 0 saturated heterocycles. The van der Waals surface area contributed by atoms with Crippen molar-refractivity contribution in [2.45, 2.75) is 71.5 Å². The number of carbonyl (C=O) groups excluding carboxylic acids is 1. The molecule has 0 aliphatic rings. The van der Waals surface area contributed by atoms with Gasteiger partial charge in [-0.2, -0.15) is 0 Å². The Bertz CT molecular complexity index is 214. The van der Waals surface area contributed by atoms with Gasteiger partial charge < -0.3 is 4.74 Å². The van der Waals surface area contributed by atoms with E-state index in [2.05, 4.69) is 4.89 Å². The summed E-state index contributed by atoms with van der Waals surface area (Å²) in [5, 5.41) is 8.97. The molecule has 0 amide bonds. The fourth-order valence-corrected chi connectivity index (χ4v) is 1.40. The summed E-state index contributed by atoms with van der Waals surface area (Å²) in [5.74, 6) is -0.488. The molecular weight excluding hydrogens is 208 g/mol. The summed E-state index contributed by atoms with van der Waals surface area (Å²) in [4.78, 5) is 16.4. The molecular formula is C12H24O4. The zero-order valence-electron chi connectivity index (χ0n) is 11.0. The van der Waals surface area contributed by atoms with Crippen molar-refractivity contribution in [3.8, 4) is 0 Å². The Balaban J connectivity index is 4.68. The van der Waals surface area contributed by atoms with Gasteiger partial charge in [-0.15, -0.1) is 0 Å². The summed E-state index contributed by atoms with van der Waals surface area (Å²) in [5.41, 5.74) is -1.77. The van der Waals surface area contributed by atoms with E-state index in [1.165, 1.54) is 0 Å². The predicted molar refractivity (Wildman–Crippen MR) is 62.1 cm³/mol. The van der Waals surface area contributed by atoms with E-state index in [1.54, 1.807) is 27.7 Å². The average molecular weight is 232 g/mol. The maximum atomic E-state index is 11.9. The molecule has 0 aliphatic heterocycles. The minimum absolute atomic E-state index is 0.401. The van der Waals surface area contributed by atoms with Crippen molar-refractivity contribution in [1.29, 1.82) is 0 Å². The fourth-order valence-electron chi connectivity index (χ4n) is 1.40. The minimum atomic E-state index is -1.21. The van der Waals surface area contributed by atoms with Gasteiger partial charge in [-0.05, 0) is 33.6 Å². The van der Waals surface area contributed by atoms with Gasteiger partial charge in [-0.3, -0.25) is 5.26 Å². The van der Waals surface area contributed by atoms with E-state index in [9.17, 15) is 4.79 Å². The van der Waals surface area contributed by atoms with E-state index in [0.717, 1.165) is 12.8 Å². The first kappa shape index (κ1) is 15.4. The molecule has 16 heavy (non-hydrogen) atoms. The molecule has 0 rings (SSSR count). The van der Waals surface area contributed by atoms with E-state index in [0.29, 0.717) is 12.8 Å². The molecule has 0 heterocycles. The molecule has 0 aromatic rings. The van der Waals surface area contributed by atoms with Crippen molar-refractivity contribution >= 4 is 5.97 Å². The number of hydrogen-bond donors (Lipinski definition) is 1. The molecule has 0 saturated carbocycles. The van der Waals surface area contributed by atoms with Crippen LogP contribution >= 0.6 is 0 Å². The monoisotopic (exact) mass is 232 g/mol. The highest BCUT2D eigenvalue weighted by Crippen LogP contribution is 2.26. The molecule has 0 aromatic carbocycles. The molecule has 1 unspecified atom stereocenters. The zero-order valence-corrected chi connectivity index (χ0v) is 11.0. The largest absolute Gasteiger partial charge is 0.458 e. The molecule has 0 radical (unpaired) electrons. The molecule has 4 heteroatoms. The van der Waals surface area contributed by atoms with Crippen molar-refractivity contribution in [2.75, 3.05) is 0 Å². The minimum Gasteiger partial charge on any atom is -0.458 e. The summed E-state index contributed by atoms with van der Waals surface area (Å²) >= 11 is 0. The number of esters is 1. The third-order valence-corrected chi connectivity index (χ3v) is 2.45. The highest BCUT2D eigenvalue weighted by atomic mass is 17.1. The second-order valence-corrected chi connectivity index (χ2v) is 5.04. The standard InChI is InChI=1S/C12H24O4/c1-6-8-9-12(7-2,16-14)10(13)15-11(3,4)5/h14H,6-9H2,1-5H3. The third-order valence-electron chi connectivity index (χ3n) is 2.45. The van der Waals surface area contributed by atoms with Crippen LogP contribution in [-0.4, -0.2) is 22.4 Å². The topological polar surface area (TPSA) is 55.8 Å². The van der Waals surface area contributed by atoms with Crippen LogP contribution in [0.1, 0.15) is 60.3 Å². The fraction of sp³-hybridized carbons (Fsp3) is 0.917. The normalized spacial score (nSPS) is 15.6. The first-order valence-corrected chi connectivity index (χ1v) is 5.87. The zero-order chi connectivity index (χ0) is 12.8. The van der Waals surface area contributed by atoms with Crippen LogP contribution in [0.5, 0.6) is 0 Å². The molecule has 0 fully saturated rings. The van der Waals surface area contributed by atoms with Gasteiger partial charge in [-0.1, -0.05) is 26.7 Å².